The maximum atomic E-state index is 12.2. The lowest BCUT2D eigenvalue weighted by Gasteiger charge is -2.11. The summed E-state index contributed by atoms with van der Waals surface area (Å²) in [5, 5.41) is 12.2. The molecule has 1 saturated heterocycles. The molecule has 6 nitrogen and oxygen atoms in total. The topological polar surface area (TPSA) is 82.5 Å². The highest BCUT2D eigenvalue weighted by atomic mass is 79.9. The van der Waals surface area contributed by atoms with Crippen molar-refractivity contribution in [3.63, 3.8) is 0 Å². The van der Waals surface area contributed by atoms with E-state index in [0.717, 1.165) is 14.9 Å². The molecule has 0 radical (unpaired) electrons. The lowest BCUT2D eigenvalue weighted by atomic mass is 10.1. The van der Waals surface area contributed by atoms with Gasteiger partial charge in [0.15, 0.2) is 5.13 Å². The molecule has 8 heteroatoms. The number of amides is 2. The Balaban J connectivity index is 1.64. The van der Waals surface area contributed by atoms with Gasteiger partial charge in [0.2, 0.25) is 5.91 Å². The molecule has 1 fully saturated rings. The van der Waals surface area contributed by atoms with E-state index in [1.807, 2.05) is 24.3 Å². The third kappa shape index (κ3) is 3.70. The molecule has 0 bridgehead atoms. The molecule has 0 spiro atoms. The fourth-order valence-corrected chi connectivity index (χ4v) is 3.52. The van der Waals surface area contributed by atoms with E-state index in [2.05, 4.69) is 26.2 Å². The van der Waals surface area contributed by atoms with Crippen LogP contribution in [0.2, 0.25) is 0 Å². The predicted octanol–water partition coefficient (Wildman–Crippen LogP) is 3.51. The van der Waals surface area contributed by atoms with Crippen molar-refractivity contribution in [3.8, 4) is 10.4 Å². The van der Waals surface area contributed by atoms with Crippen LogP contribution >= 0.6 is 27.3 Å². The summed E-state index contributed by atoms with van der Waals surface area (Å²) in [6.07, 6.45) is 1.29. The van der Waals surface area contributed by atoms with E-state index < -0.39 is 6.09 Å². The second-order valence-corrected chi connectivity index (χ2v) is 7.19. The summed E-state index contributed by atoms with van der Waals surface area (Å²) in [5.74, 6) is -0.489. The van der Waals surface area contributed by atoms with E-state index in [1.54, 1.807) is 6.20 Å². The van der Waals surface area contributed by atoms with Gasteiger partial charge in [-0.1, -0.05) is 39.4 Å². The fraction of sp³-hybridized carbons (Fsp3) is 0.267. The van der Waals surface area contributed by atoms with Gasteiger partial charge in [-0.05, 0) is 24.1 Å². The van der Waals surface area contributed by atoms with Crippen molar-refractivity contribution in [1.29, 1.82) is 0 Å². The van der Waals surface area contributed by atoms with Gasteiger partial charge in [-0.3, -0.25) is 4.79 Å². The smallest absolute Gasteiger partial charge is 0.407 e. The van der Waals surface area contributed by atoms with Crippen LogP contribution in [0.3, 0.4) is 0 Å². The van der Waals surface area contributed by atoms with Gasteiger partial charge >= 0.3 is 6.09 Å². The van der Waals surface area contributed by atoms with Gasteiger partial charge in [0, 0.05) is 23.8 Å². The number of nitrogens with one attached hydrogen (secondary N) is 1. The first-order chi connectivity index (χ1) is 11.0. The number of halogens is 1. The SMILES string of the molecule is O=C(Nc1ncc(-c2ccc(Br)cc2)s1)[C@H]1CCN(C(=O)O)C1. The molecule has 0 aliphatic carbocycles. The summed E-state index contributed by atoms with van der Waals surface area (Å²) < 4.78 is 1.00. The Morgan fingerprint density at radius 3 is 2.74 bits per heavy atom. The van der Waals surface area contributed by atoms with Gasteiger partial charge in [-0.2, -0.15) is 0 Å². The number of thiazole rings is 1. The second-order valence-electron chi connectivity index (χ2n) is 5.24. The number of carbonyl (C=O) groups excluding carboxylic acids is 1. The minimum atomic E-state index is -0.980. The van der Waals surface area contributed by atoms with Crippen molar-refractivity contribution >= 4 is 44.4 Å². The molecule has 2 heterocycles. The van der Waals surface area contributed by atoms with Crippen LogP contribution < -0.4 is 5.32 Å². The van der Waals surface area contributed by atoms with E-state index in [4.69, 9.17) is 5.11 Å². The Kier molecular flexibility index (Phi) is 4.63. The molecule has 1 aromatic carbocycles. The molecule has 3 rings (SSSR count). The molecule has 2 N–H and O–H groups in total. The predicted molar refractivity (Wildman–Crippen MR) is 91.6 cm³/mol. The van der Waals surface area contributed by atoms with Crippen LogP contribution in [0, 0.1) is 5.92 Å². The molecule has 120 valence electrons. The summed E-state index contributed by atoms with van der Waals surface area (Å²) in [7, 11) is 0. The van der Waals surface area contributed by atoms with Crippen molar-refractivity contribution < 1.29 is 14.7 Å². The van der Waals surface area contributed by atoms with Crippen molar-refractivity contribution in [2.45, 2.75) is 6.42 Å². The first-order valence-electron chi connectivity index (χ1n) is 7.03. The third-order valence-electron chi connectivity index (χ3n) is 3.69. The molecular weight excluding hydrogens is 382 g/mol. The summed E-state index contributed by atoms with van der Waals surface area (Å²) in [6, 6.07) is 7.86. The van der Waals surface area contributed by atoms with E-state index >= 15 is 0 Å². The van der Waals surface area contributed by atoms with E-state index in [0.29, 0.717) is 18.1 Å². The van der Waals surface area contributed by atoms with Crippen molar-refractivity contribution in [1.82, 2.24) is 9.88 Å². The maximum Gasteiger partial charge on any atom is 0.407 e. The number of rotatable bonds is 3. The van der Waals surface area contributed by atoms with E-state index in [9.17, 15) is 9.59 Å². The van der Waals surface area contributed by atoms with Crippen LogP contribution in [-0.2, 0) is 4.79 Å². The van der Waals surface area contributed by atoms with Gasteiger partial charge in [0.05, 0.1) is 10.8 Å². The highest BCUT2D eigenvalue weighted by Crippen LogP contribution is 2.30. The second kappa shape index (κ2) is 6.67. The molecule has 1 aliphatic heterocycles. The fourth-order valence-electron chi connectivity index (χ4n) is 2.43. The number of anilines is 1. The largest absolute Gasteiger partial charge is 0.465 e. The highest BCUT2D eigenvalue weighted by molar-refractivity contribution is 9.10. The van der Waals surface area contributed by atoms with E-state index in [1.165, 1.54) is 16.2 Å². The van der Waals surface area contributed by atoms with Gasteiger partial charge in [0.25, 0.3) is 0 Å². The number of aromatic nitrogens is 1. The van der Waals surface area contributed by atoms with Crippen LogP contribution in [0.4, 0.5) is 9.93 Å². The normalized spacial score (nSPS) is 17.3. The zero-order valence-electron chi connectivity index (χ0n) is 12.0. The van der Waals surface area contributed by atoms with E-state index in [-0.39, 0.29) is 18.4 Å². The van der Waals surface area contributed by atoms with Gasteiger partial charge < -0.3 is 15.3 Å². The van der Waals surface area contributed by atoms with Gasteiger partial charge in [-0.15, -0.1) is 0 Å². The highest BCUT2D eigenvalue weighted by Gasteiger charge is 2.31. The molecule has 2 amide bonds. The zero-order valence-corrected chi connectivity index (χ0v) is 14.4. The number of carbonyl (C=O) groups is 2. The zero-order chi connectivity index (χ0) is 16.4. The minimum absolute atomic E-state index is 0.176. The summed E-state index contributed by atoms with van der Waals surface area (Å²) >= 11 is 4.79. The first-order valence-corrected chi connectivity index (χ1v) is 8.64. The number of carboxylic acid groups (broad SMARTS) is 1. The molecule has 1 aromatic heterocycles. The van der Waals surface area contributed by atoms with Crippen molar-refractivity contribution in [2.24, 2.45) is 5.92 Å². The molecule has 1 atom stereocenters. The first kappa shape index (κ1) is 15.9. The molecule has 0 saturated carbocycles. The lowest BCUT2D eigenvalue weighted by Crippen LogP contribution is -2.30. The number of benzene rings is 1. The Morgan fingerprint density at radius 1 is 1.35 bits per heavy atom. The summed E-state index contributed by atoms with van der Waals surface area (Å²) in [5.41, 5.74) is 1.03. The Morgan fingerprint density at radius 2 is 2.09 bits per heavy atom. The Hall–Kier alpha value is -1.93. The van der Waals surface area contributed by atoms with Crippen molar-refractivity contribution in [2.75, 3.05) is 18.4 Å². The van der Waals surface area contributed by atoms with Crippen LogP contribution in [0.15, 0.2) is 34.9 Å². The number of hydrogen-bond acceptors (Lipinski definition) is 4. The monoisotopic (exact) mass is 395 g/mol. The number of hydrogen-bond donors (Lipinski definition) is 2. The summed E-state index contributed by atoms with van der Waals surface area (Å²) in [4.78, 5) is 29.5. The quantitative estimate of drug-likeness (QED) is 0.832. The number of nitrogens with zero attached hydrogens (tertiary/aromatic N) is 2. The third-order valence-corrected chi connectivity index (χ3v) is 5.18. The molecule has 23 heavy (non-hydrogen) atoms. The Labute approximate surface area is 145 Å². The van der Waals surface area contributed by atoms with Crippen LogP contribution in [0.1, 0.15) is 6.42 Å². The van der Waals surface area contributed by atoms with Crippen LogP contribution in [-0.4, -0.2) is 40.1 Å². The van der Waals surface area contributed by atoms with Gasteiger partial charge in [-0.25, -0.2) is 9.78 Å². The molecule has 0 unspecified atom stereocenters. The minimum Gasteiger partial charge on any atom is -0.465 e. The molecular formula is C15H14BrN3O3S. The lowest BCUT2D eigenvalue weighted by molar-refractivity contribution is -0.119. The average Bonchev–Trinajstić information content (AvgIpc) is 3.17. The number of likely N-dealkylation sites (tertiary alicyclic amines) is 1. The van der Waals surface area contributed by atoms with Gasteiger partial charge in [0.1, 0.15) is 0 Å². The van der Waals surface area contributed by atoms with Crippen LogP contribution in [0.25, 0.3) is 10.4 Å². The van der Waals surface area contributed by atoms with Crippen molar-refractivity contribution in [3.05, 3.63) is 34.9 Å². The van der Waals surface area contributed by atoms with Crippen LogP contribution in [0.5, 0.6) is 0 Å². The molecule has 2 aromatic rings. The summed E-state index contributed by atoms with van der Waals surface area (Å²) in [6.45, 7) is 0.640. The standard InChI is InChI=1S/C15H14BrN3O3S/c16-11-3-1-9(2-4-11)12-7-17-14(23-12)18-13(20)10-5-6-19(8-10)15(21)22/h1-4,7,10H,5-6,8H2,(H,21,22)(H,17,18,20)/t10-/m0/s1. The maximum absolute atomic E-state index is 12.2. The molecule has 1 aliphatic rings. The Bertz CT molecular complexity index is 732. The average molecular weight is 396 g/mol.